The Morgan fingerprint density at radius 3 is 2.35 bits per heavy atom. The van der Waals surface area contributed by atoms with Gasteiger partial charge in [-0.05, 0) is 18.6 Å². The van der Waals surface area contributed by atoms with Gasteiger partial charge in [-0.15, -0.1) is 0 Å². The average Bonchev–Trinajstić information content (AvgIpc) is 2.31. The SMILES string of the molecule is COP(=S)(OC)Oc1ccc([N+](=O)[O-])cc1C. The molecular formula is C9H12NO5PS. The van der Waals surface area contributed by atoms with Crippen LogP contribution < -0.4 is 4.52 Å². The van der Waals surface area contributed by atoms with Crippen molar-refractivity contribution in [3.63, 3.8) is 0 Å². The van der Waals surface area contributed by atoms with E-state index in [4.69, 9.17) is 25.4 Å². The molecule has 1 rings (SSSR count). The molecule has 0 aromatic heterocycles. The molecule has 0 heterocycles. The van der Waals surface area contributed by atoms with Crippen LogP contribution in [0.3, 0.4) is 0 Å². The average molecular weight is 277 g/mol. The Kier molecular flexibility index (Phi) is 4.59. The number of non-ortho nitro benzene ring substituents is 1. The Hall–Kier alpha value is -1.01. The van der Waals surface area contributed by atoms with Crippen molar-refractivity contribution < 1.29 is 18.5 Å². The lowest BCUT2D eigenvalue weighted by molar-refractivity contribution is -0.384. The van der Waals surface area contributed by atoms with Crippen molar-refractivity contribution in [1.82, 2.24) is 0 Å². The van der Waals surface area contributed by atoms with Crippen LogP contribution in [0.15, 0.2) is 18.2 Å². The van der Waals surface area contributed by atoms with E-state index in [1.807, 2.05) is 0 Å². The zero-order chi connectivity index (χ0) is 13.1. The Morgan fingerprint density at radius 1 is 1.35 bits per heavy atom. The summed E-state index contributed by atoms with van der Waals surface area (Å²) in [6.45, 7) is -1.12. The summed E-state index contributed by atoms with van der Waals surface area (Å²) in [4.78, 5) is 10.1. The minimum absolute atomic E-state index is 0.00187. The van der Waals surface area contributed by atoms with E-state index in [2.05, 4.69) is 0 Å². The second-order valence-corrected chi connectivity index (χ2v) is 6.26. The fraction of sp³-hybridized carbons (Fsp3) is 0.333. The topological polar surface area (TPSA) is 70.8 Å². The standard InChI is InChI=1S/C9H12NO5PS/c1-7-6-8(10(11)12)4-5-9(7)15-16(17,13-2)14-3/h4-6H,1-3H3. The first-order valence-corrected chi connectivity index (χ1v) is 7.13. The van der Waals surface area contributed by atoms with Gasteiger partial charge in [0.25, 0.3) is 5.69 Å². The maximum atomic E-state index is 10.6. The van der Waals surface area contributed by atoms with E-state index >= 15 is 0 Å². The first-order chi connectivity index (χ1) is 7.91. The highest BCUT2D eigenvalue weighted by Crippen LogP contribution is 2.49. The third-order valence-electron chi connectivity index (χ3n) is 2.03. The second kappa shape index (κ2) is 5.55. The zero-order valence-corrected chi connectivity index (χ0v) is 11.3. The lowest BCUT2D eigenvalue weighted by Crippen LogP contribution is -1.98. The molecular weight excluding hydrogens is 265 g/mol. The van der Waals surface area contributed by atoms with E-state index in [-0.39, 0.29) is 5.69 Å². The van der Waals surface area contributed by atoms with E-state index in [0.29, 0.717) is 11.3 Å². The first-order valence-electron chi connectivity index (χ1n) is 4.58. The van der Waals surface area contributed by atoms with Crippen LogP contribution in [0.2, 0.25) is 0 Å². The smallest absolute Gasteiger partial charge is 0.380 e. The van der Waals surface area contributed by atoms with Gasteiger partial charge in [-0.3, -0.25) is 10.1 Å². The number of benzene rings is 1. The maximum absolute atomic E-state index is 10.6. The molecule has 1 aromatic carbocycles. The number of rotatable bonds is 5. The summed E-state index contributed by atoms with van der Waals surface area (Å²) in [5, 5.41) is 10.6. The zero-order valence-electron chi connectivity index (χ0n) is 9.58. The number of nitrogens with zero attached hydrogens (tertiary/aromatic N) is 1. The number of nitro benzene ring substituents is 1. The van der Waals surface area contributed by atoms with E-state index in [1.165, 1.54) is 32.4 Å². The monoisotopic (exact) mass is 277 g/mol. The molecule has 0 bridgehead atoms. The van der Waals surface area contributed by atoms with Gasteiger partial charge in [0.15, 0.2) is 0 Å². The molecule has 0 unspecified atom stereocenters. The van der Waals surface area contributed by atoms with Crippen molar-refractivity contribution in [2.45, 2.75) is 6.92 Å². The Morgan fingerprint density at radius 2 is 1.94 bits per heavy atom. The van der Waals surface area contributed by atoms with Gasteiger partial charge in [0.1, 0.15) is 5.75 Å². The molecule has 0 atom stereocenters. The molecule has 0 amide bonds. The van der Waals surface area contributed by atoms with Crippen LogP contribution in [0.4, 0.5) is 5.69 Å². The number of nitro groups is 1. The van der Waals surface area contributed by atoms with Crippen LogP contribution >= 0.6 is 6.72 Å². The molecule has 17 heavy (non-hydrogen) atoms. The molecule has 0 fully saturated rings. The van der Waals surface area contributed by atoms with Crippen LogP contribution in [-0.4, -0.2) is 19.1 Å². The number of hydrogen-bond donors (Lipinski definition) is 0. The van der Waals surface area contributed by atoms with Crippen molar-refractivity contribution in [3.8, 4) is 5.75 Å². The fourth-order valence-corrected chi connectivity index (χ4v) is 2.10. The van der Waals surface area contributed by atoms with Crippen molar-refractivity contribution >= 4 is 24.2 Å². The van der Waals surface area contributed by atoms with Crippen molar-refractivity contribution in [2.75, 3.05) is 14.2 Å². The van der Waals surface area contributed by atoms with Crippen LogP contribution in [0.1, 0.15) is 5.56 Å². The number of aryl methyl sites for hydroxylation is 1. The summed E-state index contributed by atoms with van der Waals surface area (Å²) in [5.41, 5.74) is 0.598. The predicted octanol–water partition coefficient (Wildman–Crippen LogP) is 2.80. The summed E-state index contributed by atoms with van der Waals surface area (Å²) >= 11 is 5.04. The van der Waals surface area contributed by atoms with Gasteiger partial charge >= 0.3 is 6.72 Å². The molecule has 0 saturated carbocycles. The Labute approximate surface area is 104 Å². The Balaban J connectivity index is 3.01. The molecule has 0 aliphatic rings. The molecule has 0 aliphatic carbocycles. The molecule has 6 nitrogen and oxygen atoms in total. The van der Waals surface area contributed by atoms with E-state index in [1.54, 1.807) is 6.92 Å². The third kappa shape index (κ3) is 3.47. The van der Waals surface area contributed by atoms with Gasteiger partial charge in [0, 0.05) is 38.2 Å². The number of hydrogen-bond acceptors (Lipinski definition) is 6. The first kappa shape index (κ1) is 14.1. The highest BCUT2D eigenvalue weighted by atomic mass is 32.5. The second-order valence-electron chi connectivity index (χ2n) is 3.11. The highest BCUT2D eigenvalue weighted by Gasteiger charge is 2.20. The van der Waals surface area contributed by atoms with Gasteiger partial charge in [-0.25, -0.2) is 0 Å². The summed E-state index contributed by atoms with van der Waals surface area (Å²) in [7, 11) is 2.79. The van der Waals surface area contributed by atoms with E-state index in [0.717, 1.165) is 0 Å². The van der Waals surface area contributed by atoms with Crippen LogP contribution in [0.5, 0.6) is 5.75 Å². The van der Waals surface area contributed by atoms with Crippen LogP contribution in [0, 0.1) is 17.0 Å². The predicted molar refractivity (Wildman–Crippen MR) is 66.8 cm³/mol. The normalized spacial score (nSPS) is 11.2. The minimum atomic E-state index is -2.81. The maximum Gasteiger partial charge on any atom is 0.380 e. The molecule has 0 N–H and O–H groups in total. The Bertz CT molecular complexity index is 470. The molecule has 0 spiro atoms. The summed E-state index contributed by atoms with van der Waals surface area (Å²) in [6, 6.07) is 4.22. The molecule has 1 aromatic rings. The van der Waals surface area contributed by atoms with Crippen LogP contribution in [-0.2, 0) is 20.9 Å². The third-order valence-corrected chi connectivity index (χ3v) is 4.46. The lowest BCUT2D eigenvalue weighted by atomic mass is 10.2. The quantitative estimate of drug-likeness (QED) is 0.468. The molecule has 0 saturated heterocycles. The fourth-order valence-electron chi connectivity index (χ4n) is 1.12. The van der Waals surface area contributed by atoms with E-state index in [9.17, 15) is 10.1 Å². The summed E-state index contributed by atoms with van der Waals surface area (Å²) in [5.74, 6) is 0.419. The van der Waals surface area contributed by atoms with Gasteiger partial charge in [0.2, 0.25) is 0 Å². The molecule has 8 heteroatoms. The van der Waals surface area contributed by atoms with Gasteiger partial charge in [0.05, 0.1) is 4.92 Å². The van der Waals surface area contributed by atoms with Gasteiger partial charge in [-0.2, -0.15) is 0 Å². The molecule has 94 valence electrons. The van der Waals surface area contributed by atoms with Crippen molar-refractivity contribution in [1.29, 1.82) is 0 Å². The van der Waals surface area contributed by atoms with Crippen molar-refractivity contribution in [2.24, 2.45) is 0 Å². The van der Waals surface area contributed by atoms with Crippen LogP contribution in [0.25, 0.3) is 0 Å². The molecule has 0 aliphatic heterocycles. The molecule has 0 radical (unpaired) electrons. The largest absolute Gasteiger partial charge is 0.424 e. The van der Waals surface area contributed by atoms with Crippen molar-refractivity contribution in [3.05, 3.63) is 33.9 Å². The summed E-state index contributed by atoms with van der Waals surface area (Å²) in [6.07, 6.45) is 0. The highest BCUT2D eigenvalue weighted by molar-refractivity contribution is 8.07. The van der Waals surface area contributed by atoms with Gasteiger partial charge in [-0.1, -0.05) is 0 Å². The van der Waals surface area contributed by atoms with E-state index < -0.39 is 11.6 Å². The minimum Gasteiger partial charge on any atom is -0.424 e. The summed E-state index contributed by atoms with van der Waals surface area (Å²) < 4.78 is 15.4. The van der Waals surface area contributed by atoms with Gasteiger partial charge < -0.3 is 13.6 Å². The lowest BCUT2D eigenvalue weighted by Gasteiger charge is -2.19.